The van der Waals surface area contributed by atoms with E-state index in [4.69, 9.17) is 18.9 Å². The van der Waals surface area contributed by atoms with E-state index < -0.39 is 11.9 Å². The summed E-state index contributed by atoms with van der Waals surface area (Å²) in [4.78, 5) is 24.8. The second-order valence-corrected chi connectivity index (χ2v) is 7.36. The fourth-order valence-electron chi connectivity index (χ4n) is 2.29. The van der Waals surface area contributed by atoms with Gasteiger partial charge in [0.1, 0.15) is 22.6 Å². The van der Waals surface area contributed by atoms with Crippen molar-refractivity contribution in [3.8, 4) is 11.5 Å². The van der Waals surface area contributed by atoms with Gasteiger partial charge in [0.15, 0.2) is 0 Å². The van der Waals surface area contributed by atoms with Crippen molar-refractivity contribution in [2.75, 3.05) is 37.1 Å². The van der Waals surface area contributed by atoms with Gasteiger partial charge in [-0.15, -0.1) is 0 Å². The van der Waals surface area contributed by atoms with Gasteiger partial charge < -0.3 is 18.9 Å². The minimum atomic E-state index is -0.515. The molecule has 0 spiro atoms. The van der Waals surface area contributed by atoms with Crippen LogP contribution in [0.3, 0.4) is 0 Å². The van der Waals surface area contributed by atoms with Crippen LogP contribution in [0.4, 0.5) is 0 Å². The summed E-state index contributed by atoms with van der Waals surface area (Å²) in [5.41, 5.74) is 0.480. The maximum atomic E-state index is 12.4. The Morgan fingerprint density at radius 2 is 1.14 bits per heavy atom. The van der Waals surface area contributed by atoms with Gasteiger partial charge in [-0.2, -0.15) is 0 Å². The highest BCUT2D eigenvalue weighted by Crippen LogP contribution is 2.31. The summed E-state index contributed by atoms with van der Waals surface area (Å²) in [6, 6.07) is 3.02. The predicted molar refractivity (Wildman–Crippen MR) is 115 cm³/mol. The van der Waals surface area contributed by atoms with Gasteiger partial charge in [0.25, 0.3) is 0 Å². The van der Waals surface area contributed by atoms with E-state index in [0.29, 0.717) is 24.7 Å². The highest BCUT2D eigenvalue weighted by Gasteiger charge is 2.23. The van der Waals surface area contributed by atoms with Crippen LogP contribution in [0.1, 0.15) is 60.2 Å². The summed E-state index contributed by atoms with van der Waals surface area (Å²) in [5, 5.41) is 1.74. The van der Waals surface area contributed by atoms with Crippen molar-refractivity contribution in [2.24, 2.45) is 0 Å². The normalized spacial score (nSPS) is 10.4. The van der Waals surface area contributed by atoms with E-state index in [1.807, 2.05) is 0 Å². The standard InChI is InChI=1S/C20H28Br2O6/c1-3-25-19(23)15-13-18(28-12-8-6-10-22)16(20(24)26-4-2)14-17(15)27-11-7-5-9-21/h13-14H,3-12H2,1-2H3. The monoisotopic (exact) mass is 522 g/mol. The zero-order valence-corrected chi connectivity index (χ0v) is 19.6. The second kappa shape index (κ2) is 14.7. The Morgan fingerprint density at radius 1 is 0.750 bits per heavy atom. The Hall–Kier alpha value is -1.28. The number of alkyl halides is 2. The summed E-state index contributed by atoms with van der Waals surface area (Å²) in [7, 11) is 0. The number of benzene rings is 1. The summed E-state index contributed by atoms with van der Waals surface area (Å²) < 4.78 is 21.8. The molecule has 0 atom stereocenters. The number of esters is 2. The van der Waals surface area contributed by atoms with Crippen molar-refractivity contribution in [1.29, 1.82) is 0 Å². The number of halogens is 2. The van der Waals surface area contributed by atoms with E-state index in [1.54, 1.807) is 13.8 Å². The van der Waals surface area contributed by atoms with Crippen LogP contribution in [-0.4, -0.2) is 49.0 Å². The average molecular weight is 524 g/mol. The fraction of sp³-hybridized carbons (Fsp3) is 0.600. The third-order valence-corrected chi connectivity index (χ3v) is 4.77. The maximum absolute atomic E-state index is 12.4. The average Bonchev–Trinajstić information content (AvgIpc) is 2.69. The third kappa shape index (κ3) is 8.39. The molecule has 158 valence electrons. The Balaban J connectivity index is 3.20. The first-order valence-corrected chi connectivity index (χ1v) is 11.7. The lowest BCUT2D eigenvalue weighted by atomic mass is 10.1. The molecule has 0 fully saturated rings. The smallest absolute Gasteiger partial charge is 0.342 e. The highest BCUT2D eigenvalue weighted by atomic mass is 79.9. The minimum Gasteiger partial charge on any atom is -0.493 e. The third-order valence-electron chi connectivity index (χ3n) is 3.64. The number of carbonyl (C=O) groups is 2. The van der Waals surface area contributed by atoms with Crippen LogP contribution in [0.5, 0.6) is 11.5 Å². The summed E-state index contributed by atoms with van der Waals surface area (Å²) in [5.74, 6) is -0.440. The van der Waals surface area contributed by atoms with E-state index in [1.165, 1.54) is 12.1 Å². The number of rotatable bonds is 14. The molecule has 1 rings (SSSR count). The first-order chi connectivity index (χ1) is 13.6. The molecule has 0 aromatic heterocycles. The molecular formula is C20H28Br2O6. The van der Waals surface area contributed by atoms with E-state index in [9.17, 15) is 9.59 Å². The zero-order chi connectivity index (χ0) is 20.8. The molecule has 0 saturated carbocycles. The molecule has 0 N–H and O–H groups in total. The molecule has 0 aliphatic carbocycles. The molecule has 8 heteroatoms. The Labute approximate surface area is 183 Å². The van der Waals surface area contributed by atoms with Gasteiger partial charge in [0, 0.05) is 10.7 Å². The molecule has 0 bridgehead atoms. The summed E-state index contributed by atoms with van der Waals surface area (Å²) in [6.45, 7) is 4.79. The quantitative estimate of drug-likeness (QED) is 0.191. The van der Waals surface area contributed by atoms with E-state index >= 15 is 0 Å². The Morgan fingerprint density at radius 3 is 1.46 bits per heavy atom. The van der Waals surface area contributed by atoms with E-state index in [0.717, 1.165) is 36.3 Å². The van der Waals surface area contributed by atoms with Crippen LogP contribution in [-0.2, 0) is 9.47 Å². The predicted octanol–water partition coefficient (Wildman–Crippen LogP) is 5.15. The zero-order valence-electron chi connectivity index (χ0n) is 16.4. The summed E-state index contributed by atoms with van der Waals surface area (Å²) in [6.07, 6.45) is 3.50. The number of ether oxygens (including phenoxy) is 4. The lowest BCUT2D eigenvalue weighted by molar-refractivity contribution is 0.0503. The largest absolute Gasteiger partial charge is 0.493 e. The van der Waals surface area contributed by atoms with Crippen LogP contribution >= 0.6 is 31.9 Å². The molecule has 0 unspecified atom stereocenters. The first-order valence-electron chi connectivity index (χ1n) is 9.48. The number of unbranched alkanes of at least 4 members (excludes halogenated alkanes) is 2. The molecule has 0 heterocycles. The van der Waals surface area contributed by atoms with Crippen molar-refractivity contribution in [1.82, 2.24) is 0 Å². The SMILES string of the molecule is CCOC(=O)c1cc(OCCCCBr)c(C(=O)OCC)cc1OCCCCBr. The van der Waals surface area contributed by atoms with Crippen LogP contribution in [0.2, 0.25) is 0 Å². The highest BCUT2D eigenvalue weighted by molar-refractivity contribution is 9.09. The topological polar surface area (TPSA) is 71.1 Å². The van der Waals surface area contributed by atoms with Gasteiger partial charge in [-0.3, -0.25) is 0 Å². The van der Waals surface area contributed by atoms with Crippen LogP contribution in [0, 0.1) is 0 Å². The fourth-order valence-corrected chi connectivity index (χ4v) is 3.09. The van der Waals surface area contributed by atoms with Crippen LogP contribution < -0.4 is 9.47 Å². The molecule has 6 nitrogen and oxygen atoms in total. The Bertz CT molecular complexity index is 567. The lowest BCUT2D eigenvalue weighted by Crippen LogP contribution is -2.14. The lowest BCUT2D eigenvalue weighted by Gasteiger charge is -2.16. The van der Waals surface area contributed by atoms with Gasteiger partial charge in [-0.25, -0.2) is 9.59 Å². The second-order valence-electron chi connectivity index (χ2n) is 5.77. The maximum Gasteiger partial charge on any atom is 0.342 e. The molecule has 1 aromatic rings. The van der Waals surface area contributed by atoms with E-state index in [-0.39, 0.29) is 24.3 Å². The van der Waals surface area contributed by atoms with Crippen molar-refractivity contribution in [2.45, 2.75) is 39.5 Å². The summed E-state index contributed by atoms with van der Waals surface area (Å²) >= 11 is 6.75. The van der Waals surface area contributed by atoms with E-state index in [2.05, 4.69) is 31.9 Å². The van der Waals surface area contributed by atoms with Gasteiger partial charge in [0.2, 0.25) is 0 Å². The molecule has 1 aromatic carbocycles. The van der Waals surface area contributed by atoms with Gasteiger partial charge in [-0.05, 0) is 51.7 Å². The number of hydrogen-bond acceptors (Lipinski definition) is 6. The minimum absolute atomic E-state index is 0.239. The van der Waals surface area contributed by atoms with Crippen molar-refractivity contribution in [3.05, 3.63) is 23.3 Å². The molecule has 0 radical (unpaired) electrons. The van der Waals surface area contributed by atoms with Crippen molar-refractivity contribution < 1.29 is 28.5 Å². The Kier molecular flexibility index (Phi) is 13.0. The molecule has 0 saturated heterocycles. The number of hydrogen-bond donors (Lipinski definition) is 0. The van der Waals surface area contributed by atoms with Gasteiger partial charge in [0.05, 0.1) is 26.4 Å². The molecule has 28 heavy (non-hydrogen) atoms. The molecule has 0 aliphatic rings. The number of carbonyl (C=O) groups excluding carboxylic acids is 2. The van der Waals surface area contributed by atoms with Crippen molar-refractivity contribution in [3.63, 3.8) is 0 Å². The van der Waals surface area contributed by atoms with Crippen LogP contribution in [0.25, 0.3) is 0 Å². The molecular weight excluding hydrogens is 496 g/mol. The molecule has 0 aliphatic heterocycles. The first kappa shape index (κ1) is 24.8. The van der Waals surface area contributed by atoms with Gasteiger partial charge in [-0.1, -0.05) is 31.9 Å². The van der Waals surface area contributed by atoms with Crippen molar-refractivity contribution >= 4 is 43.8 Å². The van der Waals surface area contributed by atoms with Gasteiger partial charge >= 0.3 is 11.9 Å². The molecule has 0 amide bonds. The van der Waals surface area contributed by atoms with Crippen LogP contribution in [0.15, 0.2) is 12.1 Å².